The summed E-state index contributed by atoms with van der Waals surface area (Å²) >= 11 is 0. The first-order valence-electron chi connectivity index (χ1n) is 4.97. The normalized spacial score (nSPS) is 12.1. The van der Waals surface area contributed by atoms with E-state index in [1.165, 1.54) is 0 Å². The molecule has 0 atom stereocenters. The summed E-state index contributed by atoms with van der Waals surface area (Å²) in [6.45, 7) is 7.19. The van der Waals surface area contributed by atoms with Gasteiger partial charge in [-0.25, -0.2) is 0 Å². The van der Waals surface area contributed by atoms with Crippen LogP contribution >= 0.6 is 0 Å². The minimum absolute atomic E-state index is 0. The fourth-order valence-electron chi connectivity index (χ4n) is 1.17. The number of nitrogens with one attached hydrogen (secondary N) is 1. The van der Waals surface area contributed by atoms with Gasteiger partial charge in [0.2, 0.25) is 0 Å². The SMILES string of the molecule is C.CC(C)C.O=C1NCc2ccccc21. The smallest absolute Gasteiger partial charge is 0.251 e. The van der Waals surface area contributed by atoms with Gasteiger partial charge < -0.3 is 5.32 Å². The number of carbonyl (C=O) groups is 1. The number of rotatable bonds is 0. The summed E-state index contributed by atoms with van der Waals surface area (Å²) in [4.78, 5) is 11.0. The highest BCUT2D eigenvalue weighted by atomic mass is 16.1. The third-order valence-corrected chi connectivity index (χ3v) is 1.70. The average Bonchev–Trinajstić information content (AvgIpc) is 2.48. The first-order valence-corrected chi connectivity index (χ1v) is 4.97. The molecule has 0 aromatic heterocycles. The predicted octanol–water partition coefficient (Wildman–Crippen LogP) is 3.23. The van der Waals surface area contributed by atoms with Crippen LogP contribution in [0.5, 0.6) is 0 Å². The lowest BCUT2D eigenvalue weighted by atomic mass is 10.1. The summed E-state index contributed by atoms with van der Waals surface area (Å²) in [5.41, 5.74) is 1.93. The quantitative estimate of drug-likeness (QED) is 0.695. The third-order valence-electron chi connectivity index (χ3n) is 1.70. The van der Waals surface area contributed by atoms with Crippen LogP contribution in [0.3, 0.4) is 0 Å². The molecule has 1 N–H and O–H groups in total. The molecular formula is C13H21NO. The van der Waals surface area contributed by atoms with Crippen molar-refractivity contribution in [2.45, 2.75) is 34.7 Å². The minimum Gasteiger partial charge on any atom is -0.348 e. The number of fused-ring (bicyclic) bond motifs is 1. The van der Waals surface area contributed by atoms with Crippen LogP contribution in [-0.4, -0.2) is 5.91 Å². The highest BCUT2D eigenvalue weighted by Gasteiger charge is 2.16. The Bertz CT molecular complexity index is 315. The largest absolute Gasteiger partial charge is 0.348 e. The number of amides is 1. The van der Waals surface area contributed by atoms with Gasteiger partial charge in [-0.2, -0.15) is 0 Å². The maximum Gasteiger partial charge on any atom is 0.251 e. The zero-order valence-electron chi connectivity index (χ0n) is 9.00. The molecule has 2 heteroatoms. The van der Waals surface area contributed by atoms with Crippen molar-refractivity contribution in [1.82, 2.24) is 5.32 Å². The molecule has 2 rings (SSSR count). The van der Waals surface area contributed by atoms with Gasteiger partial charge in [0.1, 0.15) is 0 Å². The van der Waals surface area contributed by atoms with E-state index in [0.29, 0.717) is 6.54 Å². The fraction of sp³-hybridized carbons (Fsp3) is 0.462. The van der Waals surface area contributed by atoms with Crippen molar-refractivity contribution in [3.63, 3.8) is 0 Å². The maximum absolute atomic E-state index is 11.0. The standard InChI is InChI=1S/C8H7NO.C4H10.CH4/c10-8-7-4-2-1-3-6(7)5-9-8;1-4(2)3;/h1-4H,5H2,(H,9,10);4H,1-3H3;1H4. The Morgan fingerprint density at radius 3 is 2.27 bits per heavy atom. The molecular weight excluding hydrogens is 186 g/mol. The molecule has 0 spiro atoms. The highest BCUT2D eigenvalue weighted by molar-refractivity contribution is 5.98. The van der Waals surface area contributed by atoms with Crippen LogP contribution in [0.15, 0.2) is 24.3 Å². The van der Waals surface area contributed by atoms with E-state index in [1.807, 2.05) is 24.3 Å². The molecule has 0 unspecified atom stereocenters. The molecule has 1 heterocycles. The van der Waals surface area contributed by atoms with Crippen LogP contribution in [-0.2, 0) is 6.54 Å². The van der Waals surface area contributed by atoms with Crippen LogP contribution in [0.1, 0.15) is 44.1 Å². The van der Waals surface area contributed by atoms with Gasteiger partial charge in [-0.1, -0.05) is 46.4 Å². The summed E-state index contributed by atoms with van der Waals surface area (Å²) in [6.07, 6.45) is 0. The van der Waals surface area contributed by atoms with Crippen molar-refractivity contribution in [3.05, 3.63) is 35.4 Å². The molecule has 0 saturated heterocycles. The third kappa shape index (κ3) is 4.15. The second-order valence-electron chi connectivity index (χ2n) is 4.07. The molecule has 1 aromatic carbocycles. The first-order chi connectivity index (χ1) is 6.61. The number of hydrogen-bond donors (Lipinski definition) is 1. The summed E-state index contributed by atoms with van der Waals surface area (Å²) in [5, 5.41) is 2.75. The molecule has 0 radical (unpaired) electrons. The van der Waals surface area contributed by atoms with Crippen LogP contribution in [0.4, 0.5) is 0 Å². The lowest BCUT2D eigenvalue weighted by molar-refractivity contribution is 0.0966. The Kier molecular flexibility index (Phi) is 5.68. The highest BCUT2D eigenvalue weighted by Crippen LogP contribution is 2.13. The van der Waals surface area contributed by atoms with E-state index < -0.39 is 0 Å². The maximum atomic E-state index is 11.0. The van der Waals surface area contributed by atoms with E-state index in [1.54, 1.807) is 0 Å². The van der Waals surface area contributed by atoms with E-state index in [2.05, 4.69) is 26.1 Å². The molecule has 1 aliphatic rings. The molecule has 0 bridgehead atoms. The molecule has 15 heavy (non-hydrogen) atoms. The van der Waals surface area contributed by atoms with Gasteiger partial charge in [0, 0.05) is 12.1 Å². The van der Waals surface area contributed by atoms with E-state index in [0.717, 1.165) is 17.0 Å². The molecule has 84 valence electrons. The van der Waals surface area contributed by atoms with Gasteiger partial charge in [-0.15, -0.1) is 0 Å². The van der Waals surface area contributed by atoms with E-state index in [4.69, 9.17) is 0 Å². The lowest BCUT2D eigenvalue weighted by Gasteiger charge is -1.89. The van der Waals surface area contributed by atoms with Crippen molar-refractivity contribution >= 4 is 5.91 Å². The van der Waals surface area contributed by atoms with Crippen molar-refractivity contribution in [1.29, 1.82) is 0 Å². The van der Waals surface area contributed by atoms with Crippen LogP contribution in [0.25, 0.3) is 0 Å². The summed E-state index contributed by atoms with van der Waals surface area (Å²) in [7, 11) is 0. The average molecular weight is 207 g/mol. The van der Waals surface area contributed by atoms with Gasteiger partial charge in [0.15, 0.2) is 0 Å². The Labute approximate surface area is 92.7 Å². The Morgan fingerprint density at radius 2 is 1.73 bits per heavy atom. The Balaban J connectivity index is 0.000000346. The number of benzene rings is 1. The Hall–Kier alpha value is -1.31. The Morgan fingerprint density at radius 1 is 1.20 bits per heavy atom. The van der Waals surface area contributed by atoms with Crippen LogP contribution < -0.4 is 5.32 Å². The van der Waals surface area contributed by atoms with Crippen molar-refractivity contribution in [2.75, 3.05) is 0 Å². The molecule has 0 aliphatic carbocycles. The van der Waals surface area contributed by atoms with E-state index in [-0.39, 0.29) is 13.3 Å². The molecule has 1 aliphatic heterocycles. The van der Waals surface area contributed by atoms with Gasteiger partial charge in [-0.05, 0) is 17.5 Å². The summed E-state index contributed by atoms with van der Waals surface area (Å²) < 4.78 is 0. The predicted molar refractivity (Wildman–Crippen MR) is 64.9 cm³/mol. The van der Waals surface area contributed by atoms with Gasteiger partial charge >= 0.3 is 0 Å². The summed E-state index contributed by atoms with van der Waals surface area (Å²) in [5.74, 6) is 0.885. The first kappa shape index (κ1) is 13.7. The van der Waals surface area contributed by atoms with Crippen LogP contribution in [0, 0.1) is 5.92 Å². The molecule has 2 nitrogen and oxygen atoms in total. The number of hydrogen-bond acceptors (Lipinski definition) is 1. The van der Waals surface area contributed by atoms with Crippen molar-refractivity contribution in [2.24, 2.45) is 5.92 Å². The van der Waals surface area contributed by atoms with Crippen LogP contribution in [0.2, 0.25) is 0 Å². The second-order valence-corrected chi connectivity index (χ2v) is 4.07. The topological polar surface area (TPSA) is 29.1 Å². The van der Waals surface area contributed by atoms with Crippen molar-refractivity contribution in [3.8, 4) is 0 Å². The molecule has 1 amide bonds. The second kappa shape index (κ2) is 6.23. The summed E-state index contributed by atoms with van der Waals surface area (Å²) in [6, 6.07) is 7.63. The van der Waals surface area contributed by atoms with Crippen molar-refractivity contribution < 1.29 is 4.79 Å². The zero-order valence-corrected chi connectivity index (χ0v) is 9.00. The van der Waals surface area contributed by atoms with Gasteiger partial charge in [-0.3, -0.25) is 4.79 Å². The monoisotopic (exact) mass is 207 g/mol. The lowest BCUT2D eigenvalue weighted by Crippen LogP contribution is -2.12. The molecule has 0 saturated carbocycles. The minimum atomic E-state index is 0. The van der Waals surface area contributed by atoms with E-state index >= 15 is 0 Å². The zero-order chi connectivity index (χ0) is 10.6. The molecule has 0 fully saturated rings. The number of carbonyl (C=O) groups excluding carboxylic acids is 1. The van der Waals surface area contributed by atoms with Gasteiger partial charge in [0.25, 0.3) is 5.91 Å². The van der Waals surface area contributed by atoms with Gasteiger partial charge in [0.05, 0.1) is 0 Å². The fourth-order valence-corrected chi connectivity index (χ4v) is 1.17. The van der Waals surface area contributed by atoms with E-state index in [9.17, 15) is 4.79 Å². The molecule has 1 aromatic rings.